The summed E-state index contributed by atoms with van der Waals surface area (Å²) in [7, 11) is 0. The van der Waals surface area contributed by atoms with E-state index in [-0.39, 0.29) is 0 Å². The predicted octanol–water partition coefficient (Wildman–Crippen LogP) is 15.4. The van der Waals surface area contributed by atoms with Crippen LogP contribution in [0, 0.1) is 0 Å². The van der Waals surface area contributed by atoms with Gasteiger partial charge in [0.1, 0.15) is 22.3 Å². The minimum atomic E-state index is 0.559. The molecule has 63 heavy (non-hydrogen) atoms. The van der Waals surface area contributed by atoms with Gasteiger partial charge < -0.3 is 8.83 Å². The maximum Gasteiger partial charge on any atom is 0.164 e. The first-order valence-corrected chi connectivity index (χ1v) is 21.7. The third-order valence-electron chi connectivity index (χ3n) is 12.1. The average Bonchev–Trinajstić information content (AvgIpc) is 4.05. The standard InChI is InChI=1S/C56H32N4O2S/c1-4-15-47-42(12-1)43-24-22-38(31-49(43)61-47)56-59-54(58-55(60-56)37-10-7-9-35(29-37)39-11-8-28-57-32-39)34-20-18-33(19-21-34)40-25-26-41(53-52(40)45-14-2-5-16-48(45)62-53)36-23-27-51-46(30-36)44-13-3-6-17-50(44)63-51/h1-32H. The number of fused-ring (bicyclic) bond motifs is 9. The third-order valence-corrected chi connectivity index (χ3v) is 13.2. The van der Waals surface area contributed by atoms with Crippen molar-refractivity contribution in [3.05, 3.63) is 194 Å². The van der Waals surface area contributed by atoms with Gasteiger partial charge in [0.2, 0.25) is 0 Å². The summed E-state index contributed by atoms with van der Waals surface area (Å²) in [5, 5.41) is 6.83. The largest absolute Gasteiger partial charge is 0.456 e. The van der Waals surface area contributed by atoms with Crippen LogP contribution in [0.1, 0.15) is 0 Å². The summed E-state index contributed by atoms with van der Waals surface area (Å²) < 4.78 is 15.6. The summed E-state index contributed by atoms with van der Waals surface area (Å²) in [5.74, 6) is 1.71. The molecular weight excluding hydrogens is 793 g/mol. The maximum atomic E-state index is 6.73. The van der Waals surface area contributed by atoms with Gasteiger partial charge in [-0.1, -0.05) is 121 Å². The van der Waals surface area contributed by atoms with E-state index in [2.05, 4.69) is 138 Å². The average molecular weight is 825 g/mol. The lowest BCUT2D eigenvalue weighted by molar-refractivity contribution is 0.669. The smallest absolute Gasteiger partial charge is 0.164 e. The van der Waals surface area contributed by atoms with Gasteiger partial charge in [-0.25, -0.2) is 15.0 Å². The fourth-order valence-electron chi connectivity index (χ4n) is 8.99. The van der Waals surface area contributed by atoms with Crippen LogP contribution in [-0.4, -0.2) is 19.9 Å². The Balaban J connectivity index is 0.935. The Labute approximate surface area is 364 Å². The van der Waals surface area contributed by atoms with Crippen LogP contribution in [-0.2, 0) is 0 Å². The molecule has 0 spiro atoms. The van der Waals surface area contributed by atoms with Crippen LogP contribution >= 0.6 is 11.3 Å². The van der Waals surface area contributed by atoms with E-state index in [0.717, 1.165) is 93.9 Å². The van der Waals surface area contributed by atoms with E-state index in [1.807, 2.05) is 66.1 Å². The highest BCUT2D eigenvalue weighted by Gasteiger charge is 2.20. The molecule has 0 fully saturated rings. The third kappa shape index (κ3) is 5.93. The van der Waals surface area contributed by atoms with Crippen molar-refractivity contribution in [1.29, 1.82) is 0 Å². The molecule has 0 aliphatic rings. The molecule has 0 amide bonds. The minimum Gasteiger partial charge on any atom is -0.456 e. The molecule has 5 aromatic heterocycles. The van der Waals surface area contributed by atoms with Gasteiger partial charge in [-0.3, -0.25) is 4.98 Å². The van der Waals surface area contributed by atoms with Crippen molar-refractivity contribution in [3.8, 4) is 67.5 Å². The van der Waals surface area contributed by atoms with Crippen LogP contribution < -0.4 is 0 Å². The highest BCUT2D eigenvalue weighted by Crippen LogP contribution is 2.44. The number of hydrogen-bond donors (Lipinski definition) is 0. The molecule has 0 aliphatic heterocycles. The number of pyridine rings is 1. The zero-order valence-corrected chi connectivity index (χ0v) is 34.3. The first kappa shape index (κ1) is 35.5. The monoisotopic (exact) mass is 824 g/mol. The summed E-state index contributed by atoms with van der Waals surface area (Å²) in [6.45, 7) is 0. The summed E-state index contributed by atoms with van der Waals surface area (Å²) in [6.07, 6.45) is 3.65. The van der Waals surface area contributed by atoms with Crippen LogP contribution in [0.5, 0.6) is 0 Å². The predicted molar refractivity (Wildman–Crippen MR) is 258 cm³/mol. The highest BCUT2D eigenvalue weighted by molar-refractivity contribution is 7.25. The van der Waals surface area contributed by atoms with Crippen LogP contribution in [0.2, 0.25) is 0 Å². The molecule has 294 valence electrons. The van der Waals surface area contributed by atoms with E-state index < -0.39 is 0 Å². The number of para-hydroxylation sites is 2. The van der Waals surface area contributed by atoms with Gasteiger partial charge >= 0.3 is 0 Å². The molecule has 6 nitrogen and oxygen atoms in total. The molecule has 0 atom stereocenters. The van der Waals surface area contributed by atoms with Gasteiger partial charge in [-0.15, -0.1) is 11.3 Å². The van der Waals surface area contributed by atoms with Crippen molar-refractivity contribution in [2.24, 2.45) is 0 Å². The lowest BCUT2D eigenvalue weighted by Crippen LogP contribution is -2.00. The first-order valence-electron chi connectivity index (χ1n) is 20.8. The zero-order valence-electron chi connectivity index (χ0n) is 33.5. The van der Waals surface area contributed by atoms with Crippen LogP contribution in [0.3, 0.4) is 0 Å². The zero-order chi connectivity index (χ0) is 41.4. The number of rotatable bonds is 6. The maximum absolute atomic E-state index is 6.73. The van der Waals surface area contributed by atoms with Crippen molar-refractivity contribution in [1.82, 2.24) is 19.9 Å². The van der Waals surface area contributed by atoms with Crippen LogP contribution in [0.4, 0.5) is 0 Å². The molecule has 7 heteroatoms. The van der Waals surface area contributed by atoms with E-state index in [4.69, 9.17) is 23.8 Å². The Morgan fingerprint density at radius 2 is 0.968 bits per heavy atom. The van der Waals surface area contributed by atoms with Crippen LogP contribution in [0.25, 0.3) is 132 Å². The van der Waals surface area contributed by atoms with E-state index >= 15 is 0 Å². The second-order valence-electron chi connectivity index (χ2n) is 15.8. The van der Waals surface area contributed by atoms with E-state index in [1.54, 1.807) is 6.20 Å². The number of hydrogen-bond acceptors (Lipinski definition) is 7. The quantitative estimate of drug-likeness (QED) is 0.166. The Hall–Kier alpha value is -8.26. The van der Waals surface area contributed by atoms with Gasteiger partial charge in [0.25, 0.3) is 0 Å². The van der Waals surface area contributed by atoms with Crippen molar-refractivity contribution < 1.29 is 8.83 Å². The minimum absolute atomic E-state index is 0.559. The first-order chi connectivity index (χ1) is 31.2. The molecule has 0 unspecified atom stereocenters. The fraction of sp³-hybridized carbons (Fsp3) is 0. The van der Waals surface area contributed by atoms with Gasteiger partial charge in [0.05, 0.1) is 0 Å². The lowest BCUT2D eigenvalue weighted by atomic mass is 9.93. The Bertz CT molecular complexity index is 3920. The van der Waals surface area contributed by atoms with E-state index in [0.29, 0.717) is 17.5 Å². The van der Waals surface area contributed by atoms with E-state index in [9.17, 15) is 0 Å². The Kier molecular flexibility index (Phi) is 7.98. The van der Waals surface area contributed by atoms with Gasteiger partial charge in [0, 0.05) is 81.9 Å². The summed E-state index contributed by atoms with van der Waals surface area (Å²) in [6, 6.07) is 63.2. The van der Waals surface area contributed by atoms with E-state index in [1.165, 1.54) is 20.2 Å². The molecule has 0 aliphatic carbocycles. The lowest BCUT2D eigenvalue weighted by Gasteiger charge is -2.11. The fourth-order valence-corrected chi connectivity index (χ4v) is 10.1. The molecule has 5 heterocycles. The molecule has 8 aromatic carbocycles. The molecule has 0 N–H and O–H groups in total. The highest BCUT2D eigenvalue weighted by atomic mass is 32.1. The number of furan rings is 2. The summed E-state index contributed by atoms with van der Waals surface area (Å²) in [4.78, 5) is 19.7. The number of benzene rings is 8. The normalized spacial score (nSPS) is 11.8. The van der Waals surface area contributed by atoms with Crippen molar-refractivity contribution in [3.63, 3.8) is 0 Å². The Morgan fingerprint density at radius 3 is 1.79 bits per heavy atom. The summed E-state index contributed by atoms with van der Waals surface area (Å²) >= 11 is 1.83. The van der Waals surface area contributed by atoms with Crippen LogP contribution in [0.15, 0.2) is 203 Å². The number of nitrogens with zero attached hydrogens (tertiary/aromatic N) is 4. The van der Waals surface area contributed by atoms with Gasteiger partial charge in [-0.2, -0.15) is 0 Å². The molecule has 0 radical (unpaired) electrons. The number of thiophene rings is 1. The second kappa shape index (κ2) is 14.2. The van der Waals surface area contributed by atoms with Crippen molar-refractivity contribution in [2.45, 2.75) is 0 Å². The SMILES string of the molecule is c1cncc(-c2cccc(-c3nc(-c4ccc(-c5ccc(-c6ccc7sc8ccccc8c7c6)c6oc7ccccc7c56)cc4)nc(-c4ccc5c(c4)oc4ccccc45)n3)c2)c1. The van der Waals surface area contributed by atoms with Gasteiger partial charge in [-0.05, 0) is 82.9 Å². The number of aromatic nitrogens is 4. The van der Waals surface area contributed by atoms with Crippen molar-refractivity contribution in [2.75, 3.05) is 0 Å². The molecule has 0 saturated heterocycles. The molecule has 13 rings (SSSR count). The Morgan fingerprint density at radius 1 is 0.349 bits per heavy atom. The molecule has 0 bridgehead atoms. The topological polar surface area (TPSA) is 77.8 Å². The molecule has 0 saturated carbocycles. The van der Waals surface area contributed by atoms with Gasteiger partial charge in [0.15, 0.2) is 17.5 Å². The van der Waals surface area contributed by atoms with Crippen molar-refractivity contribution >= 4 is 75.4 Å². The summed E-state index contributed by atoms with van der Waals surface area (Å²) in [5.41, 5.74) is 12.4. The molecule has 13 aromatic rings. The second-order valence-corrected chi connectivity index (χ2v) is 16.9. The molecular formula is C56H32N4O2S.